The number of terminal acetylenes is 1. The number of rotatable bonds is 2. The van der Waals surface area contributed by atoms with E-state index >= 15 is 0 Å². The van der Waals surface area contributed by atoms with Crippen molar-refractivity contribution in [1.29, 1.82) is 0 Å². The largest absolute Gasteiger partial charge is 0.508 e. The zero-order chi connectivity index (χ0) is 10.6. The Labute approximate surface area is 81.3 Å². The van der Waals surface area contributed by atoms with Gasteiger partial charge >= 0.3 is 12.1 Å². The monoisotopic (exact) mass is 198 g/mol. The zero-order valence-electron chi connectivity index (χ0n) is 7.74. The van der Waals surface area contributed by atoms with Gasteiger partial charge in [0.25, 0.3) is 0 Å². The number of hydrogen-bond acceptors (Lipinski definition) is 5. The van der Waals surface area contributed by atoms with Gasteiger partial charge in [-0.2, -0.15) is 0 Å². The molecular formula is C9H10O5. The molecule has 0 aromatic heterocycles. The van der Waals surface area contributed by atoms with Crippen molar-refractivity contribution in [3.63, 3.8) is 0 Å². The third-order valence-corrected chi connectivity index (χ3v) is 1.80. The van der Waals surface area contributed by atoms with Crippen molar-refractivity contribution in [2.24, 2.45) is 5.41 Å². The molecule has 0 aromatic carbocycles. The third-order valence-electron chi connectivity index (χ3n) is 1.80. The first-order valence-corrected chi connectivity index (χ1v) is 3.99. The second-order valence-electron chi connectivity index (χ2n) is 3.17. The van der Waals surface area contributed by atoms with E-state index in [2.05, 4.69) is 15.4 Å². The Balaban J connectivity index is 2.53. The van der Waals surface area contributed by atoms with E-state index in [1.54, 1.807) is 6.92 Å². The van der Waals surface area contributed by atoms with E-state index in [9.17, 15) is 9.59 Å². The second-order valence-corrected chi connectivity index (χ2v) is 3.17. The fourth-order valence-corrected chi connectivity index (χ4v) is 0.919. The molecule has 0 saturated carbocycles. The predicted octanol–water partition coefficient (Wildman–Crippen LogP) is 0.336. The minimum atomic E-state index is -0.954. The van der Waals surface area contributed by atoms with Gasteiger partial charge in [-0.05, 0) is 6.92 Å². The number of carbonyl (C=O) groups excluding carboxylic acids is 2. The average Bonchev–Trinajstić information content (AvgIpc) is 2.19. The molecule has 1 aliphatic rings. The highest BCUT2D eigenvalue weighted by Gasteiger charge is 2.41. The van der Waals surface area contributed by atoms with Crippen LogP contribution in [0.4, 0.5) is 4.79 Å². The maximum Gasteiger partial charge on any atom is 0.508 e. The first kappa shape index (κ1) is 10.4. The molecule has 0 amide bonds. The SMILES string of the molecule is C#CCOC(=O)C1(C)COC(=O)OC1. The summed E-state index contributed by atoms with van der Waals surface area (Å²) in [4.78, 5) is 22.0. The van der Waals surface area contributed by atoms with E-state index in [1.807, 2.05) is 0 Å². The highest BCUT2D eigenvalue weighted by atomic mass is 16.7. The first-order chi connectivity index (χ1) is 6.58. The Morgan fingerprint density at radius 3 is 2.71 bits per heavy atom. The number of cyclic esters (lactones) is 2. The molecule has 0 aliphatic carbocycles. The van der Waals surface area contributed by atoms with Crippen LogP contribution in [0.1, 0.15) is 6.92 Å². The highest BCUT2D eigenvalue weighted by molar-refractivity contribution is 5.78. The minimum absolute atomic E-state index is 0.0464. The van der Waals surface area contributed by atoms with Gasteiger partial charge in [-0.1, -0.05) is 5.92 Å². The van der Waals surface area contributed by atoms with Crippen LogP contribution >= 0.6 is 0 Å². The molecule has 0 N–H and O–H groups in total. The number of esters is 1. The van der Waals surface area contributed by atoms with Crippen LogP contribution in [0.3, 0.4) is 0 Å². The standard InChI is InChI=1S/C9H10O5/c1-3-4-12-7(10)9(2)5-13-8(11)14-6-9/h1H,4-6H2,2H3. The molecule has 5 heteroatoms. The van der Waals surface area contributed by atoms with Crippen molar-refractivity contribution in [3.8, 4) is 12.3 Å². The van der Waals surface area contributed by atoms with Gasteiger partial charge in [0.15, 0.2) is 6.61 Å². The Hall–Kier alpha value is -1.70. The lowest BCUT2D eigenvalue weighted by Gasteiger charge is -2.29. The van der Waals surface area contributed by atoms with Gasteiger partial charge < -0.3 is 14.2 Å². The van der Waals surface area contributed by atoms with Crippen LogP contribution in [-0.4, -0.2) is 31.9 Å². The lowest BCUT2D eigenvalue weighted by molar-refractivity contribution is -0.164. The molecule has 0 unspecified atom stereocenters. The van der Waals surface area contributed by atoms with Crippen molar-refractivity contribution >= 4 is 12.1 Å². The molecule has 0 bridgehead atoms. The Kier molecular flexibility index (Phi) is 2.97. The van der Waals surface area contributed by atoms with Crippen molar-refractivity contribution in [2.75, 3.05) is 19.8 Å². The molecule has 14 heavy (non-hydrogen) atoms. The summed E-state index contributed by atoms with van der Waals surface area (Å²) < 4.78 is 13.9. The van der Waals surface area contributed by atoms with Crippen LogP contribution in [0.15, 0.2) is 0 Å². The molecule has 0 atom stereocenters. The molecular weight excluding hydrogens is 188 g/mol. The molecule has 0 radical (unpaired) electrons. The van der Waals surface area contributed by atoms with E-state index in [4.69, 9.17) is 11.2 Å². The van der Waals surface area contributed by atoms with Crippen molar-refractivity contribution in [1.82, 2.24) is 0 Å². The third kappa shape index (κ3) is 2.16. The summed E-state index contributed by atoms with van der Waals surface area (Å²) in [6.07, 6.45) is 4.16. The zero-order valence-corrected chi connectivity index (χ0v) is 7.74. The summed E-state index contributed by atoms with van der Waals surface area (Å²) in [5, 5.41) is 0. The van der Waals surface area contributed by atoms with Crippen LogP contribution in [0, 0.1) is 17.8 Å². The maximum absolute atomic E-state index is 11.4. The summed E-state index contributed by atoms with van der Waals surface area (Å²) in [6.45, 7) is 1.39. The van der Waals surface area contributed by atoms with E-state index in [-0.39, 0.29) is 19.8 Å². The highest BCUT2D eigenvalue weighted by Crippen LogP contribution is 2.23. The predicted molar refractivity (Wildman–Crippen MR) is 45.2 cm³/mol. The van der Waals surface area contributed by atoms with Crippen LogP contribution in [0.5, 0.6) is 0 Å². The molecule has 0 spiro atoms. The second kappa shape index (κ2) is 4.01. The molecule has 1 rings (SSSR count). The van der Waals surface area contributed by atoms with E-state index in [1.165, 1.54) is 0 Å². The fourth-order valence-electron chi connectivity index (χ4n) is 0.919. The number of hydrogen-bond donors (Lipinski definition) is 0. The van der Waals surface area contributed by atoms with Gasteiger partial charge in [0, 0.05) is 0 Å². The lowest BCUT2D eigenvalue weighted by Crippen LogP contribution is -2.44. The first-order valence-electron chi connectivity index (χ1n) is 3.99. The Morgan fingerprint density at radius 2 is 2.21 bits per heavy atom. The van der Waals surface area contributed by atoms with E-state index in [0.717, 1.165) is 0 Å². The molecule has 1 aliphatic heterocycles. The summed E-state index contributed by atoms with van der Waals surface area (Å²) >= 11 is 0. The quantitative estimate of drug-likeness (QED) is 0.472. The lowest BCUT2D eigenvalue weighted by atomic mass is 9.93. The summed E-state index contributed by atoms with van der Waals surface area (Å²) in [6, 6.07) is 0. The van der Waals surface area contributed by atoms with Crippen LogP contribution < -0.4 is 0 Å². The van der Waals surface area contributed by atoms with Crippen molar-refractivity contribution in [2.45, 2.75) is 6.92 Å². The van der Waals surface area contributed by atoms with Gasteiger partial charge in [0.2, 0.25) is 0 Å². The molecule has 1 saturated heterocycles. The maximum atomic E-state index is 11.4. The Morgan fingerprint density at radius 1 is 1.64 bits per heavy atom. The average molecular weight is 198 g/mol. The summed E-state index contributed by atoms with van der Waals surface area (Å²) in [5.41, 5.74) is -0.954. The summed E-state index contributed by atoms with van der Waals surface area (Å²) in [7, 11) is 0. The number of carbonyl (C=O) groups is 2. The molecule has 0 aromatic rings. The van der Waals surface area contributed by atoms with Gasteiger partial charge in [-0.15, -0.1) is 6.42 Å². The summed E-state index contributed by atoms with van der Waals surface area (Å²) in [5.74, 6) is 1.65. The minimum Gasteiger partial charge on any atom is -0.452 e. The van der Waals surface area contributed by atoms with Crippen molar-refractivity contribution in [3.05, 3.63) is 0 Å². The van der Waals surface area contributed by atoms with E-state index in [0.29, 0.717) is 0 Å². The van der Waals surface area contributed by atoms with Crippen molar-refractivity contribution < 1.29 is 23.8 Å². The number of ether oxygens (including phenoxy) is 3. The molecule has 5 nitrogen and oxygen atoms in total. The smallest absolute Gasteiger partial charge is 0.452 e. The van der Waals surface area contributed by atoms with Gasteiger partial charge in [0.1, 0.15) is 18.6 Å². The van der Waals surface area contributed by atoms with Crippen LogP contribution in [0.25, 0.3) is 0 Å². The molecule has 1 fully saturated rings. The normalized spacial score (nSPS) is 18.7. The van der Waals surface area contributed by atoms with Gasteiger partial charge in [-0.25, -0.2) is 4.79 Å². The van der Waals surface area contributed by atoms with Gasteiger partial charge in [0.05, 0.1) is 0 Å². The van der Waals surface area contributed by atoms with Gasteiger partial charge in [-0.3, -0.25) is 4.79 Å². The van der Waals surface area contributed by atoms with Crippen LogP contribution in [-0.2, 0) is 19.0 Å². The topological polar surface area (TPSA) is 61.8 Å². The van der Waals surface area contributed by atoms with Crippen LogP contribution in [0.2, 0.25) is 0 Å². The molecule has 76 valence electrons. The van der Waals surface area contributed by atoms with E-state index < -0.39 is 17.5 Å². The molecule has 1 heterocycles. The fraction of sp³-hybridized carbons (Fsp3) is 0.556. The Bertz CT molecular complexity index is 278.